The summed E-state index contributed by atoms with van der Waals surface area (Å²) in [7, 11) is 0. The Balaban J connectivity index is 1.38. The number of carbonyl (C=O) groups excluding carboxylic acids is 1. The maximum atomic E-state index is 12.2. The van der Waals surface area contributed by atoms with Crippen molar-refractivity contribution in [2.45, 2.75) is 20.0 Å². The van der Waals surface area contributed by atoms with E-state index >= 15 is 0 Å². The fourth-order valence-electron chi connectivity index (χ4n) is 2.68. The Morgan fingerprint density at radius 3 is 2.77 bits per heavy atom. The maximum Gasteiger partial charge on any atom is 0.312 e. The first-order chi connectivity index (χ1) is 12.7. The van der Waals surface area contributed by atoms with Crippen molar-refractivity contribution in [1.29, 1.82) is 0 Å². The van der Waals surface area contributed by atoms with Crippen molar-refractivity contribution >= 4 is 5.97 Å². The molecule has 0 N–H and O–H groups in total. The quantitative estimate of drug-likeness (QED) is 0.653. The van der Waals surface area contributed by atoms with E-state index in [0.717, 1.165) is 11.1 Å². The molecule has 0 bridgehead atoms. The van der Waals surface area contributed by atoms with Crippen LogP contribution in [-0.4, -0.2) is 17.7 Å². The van der Waals surface area contributed by atoms with Crippen LogP contribution >= 0.6 is 0 Å². The van der Waals surface area contributed by atoms with Gasteiger partial charge in [-0.05, 0) is 36.8 Å². The number of benzene rings is 2. The molecule has 0 spiro atoms. The van der Waals surface area contributed by atoms with E-state index in [1.807, 2.05) is 42.5 Å². The first-order valence-electron chi connectivity index (χ1n) is 8.25. The molecule has 3 aromatic rings. The molecule has 0 saturated carbocycles. The normalized spacial score (nSPS) is 12.2. The standard InChI is InChI=1S/C20H17NO5/c1-13-16(21-20(26-13)15-5-3-2-4-6-15)10-19(22)23-11-14-7-8-17-18(9-14)25-12-24-17/h2-9H,10-12H2,1H3. The number of ether oxygens (including phenoxy) is 3. The molecular formula is C20H17NO5. The Kier molecular flexibility index (Phi) is 4.31. The first kappa shape index (κ1) is 16.2. The molecule has 0 radical (unpaired) electrons. The summed E-state index contributed by atoms with van der Waals surface area (Å²) in [5, 5.41) is 0. The zero-order valence-corrected chi connectivity index (χ0v) is 14.2. The molecule has 6 heteroatoms. The Morgan fingerprint density at radius 2 is 1.92 bits per heavy atom. The smallest absolute Gasteiger partial charge is 0.312 e. The van der Waals surface area contributed by atoms with Gasteiger partial charge in [0, 0.05) is 5.56 Å². The maximum absolute atomic E-state index is 12.2. The minimum absolute atomic E-state index is 0.0622. The molecule has 2 heterocycles. The number of carbonyl (C=O) groups is 1. The van der Waals surface area contributed by atoms with Crippen molar-refractivity contribution in [3.05, 3.63) is 65.5 Å². The third-order valence-corrected chi connectivity index (χ3v) is 4.06. The van der Waals surface area contributed by atoms with Crippen LogP contribution in [0.1, 0.15) is 17.0 Å². The molecular weight excluding hydrogens is 334 g/mol. The minimum Gasteiger partial charge on any atom is -0.461 e. The van der Waals surface area contributed by atoms with Crippen LogP contribution in [0.25, 0.3) is 11.5 Å². The second kappa shape index (κ2) is 6.92. The second-order valence-electron chi connectivity index (χ2n) is 5.91. The molecule has 0 atom stereocenters. The molecule has 1 aliphatic heterocycles. The lowest BCUT2D eigenvalue weighted by Gasteiger charge is -2.05. The molecule has 1 aliphatic rings. The molecule has 0 amide bonds. The average Bonchev–Trinajstić information content (AvgIpc) is 3.27. The Bertz CT molecular complexity index is 933. The summed E-state index contributed by atoms with van der Waals surface area (Å²) in [4.78, 5) is 16.6. The number of aryl methyl sites for hydroxylation is 1. The Morgan fingerprint density at radius 1 is 1.12 bits per heavy atom. The SMILES string of the molecule is Cc1oc(-c2ccccc2)nc1CC(=O)OCc1ccc2c(c1)OCO2. The molecule has 0 saturated heterocycles. The van der Waals surface area contributed by atoms with Gasteiger partial charge in [0.25, 0.3) is 0 Å². The van der Waals surface area contributed by atoms with Gasteiger partial charge in [-0.2, -0.15) is 0 Å². The topological polar surface area (TPSA) is 70.8 Å². The third kappa shape index (κ3) is 3.39. The van der Waals surface area contributed by atoms with Crippen LogP contribution in [0.3, 0.4) is 0 Å². The van der Waals surface area contributed by atoms with Crippen molar-refractivity contribution in [3.8, 4) is 23.0 Å². The zero-order chi connectivity index (χ0) is 17.9. The van der Waals surface area contributed by atoms with Gasteiger partial charge >= 0.3 is 5.97 Å². The number of esters is 1. The number of aromatic nitrogens is 1. The van der Waals surface area contributed by atoms with E-state index in [0.29, 0.717) is 28.8 Å². The Hall–Kier alpha value is -3.28. The van der Waals surface area contributed by atoms with Gasteiger partial charge in [0.2, 0.25) is 12.7 Å². The van der Waals surface area contributed by atoms with E-state index in [1.165, 1.54) is 0 Å². The number of nitrogens with zero attached hydrogens (tertiary/aromatic N) is 1. The third-order valence-electron chi connectivity index (χ3n) is 4.06. The zero-order valence-electron chi connectivity index (χ0n) is 14.2. The van der Waals surface area contributed by atoms with Crippen LogP contribution < -0.4 is 9.47 Å². The van der Waals surface area contributed by atoms with Crippen LogP contribution in [0, 0.1) is 6.92 Å². The Labute approximate surface area is 150 Å². The van der Waals surface area contributed by atoms with Crippen LogP contribution in [0.4, 0.5) is 0 Å². The number of fused-ring (bicyclic) bond motifs is 1. The highest BCUT2D eigenvalue weighted by Gasteiger charge is 2.17. The van der Waals surface area contributed by atoms with Gasteiger partial charge < -0.3 is 18.6 Å². The van der Waals surface area contributed by atoms with E-state index in [1.54, 1.807) is 13.0 Å². The monoisotopic (exact) mass is 351 g/mol. The van der Waals surface area contributed by atoms with Crippen molar-refractivity contribution in [1.82, 2.24) is 4.98 Å². The minimum atomic E-state index is -0.362. The summed E-state index contributed by atoms with van der Waals surface area (Å²) in [6.45, 7) is 2.17. The highest BCUT2D eigenvalue weighted by atomic mass is 16.7. The van der Waals surface area contributed by atoms with E-state index in [-0.39, 0.29) is 25.8 Å². The first-order valence-corrected chi connectivity index (χ1v) is 8.25. The van der Waals surface area contributed by atoms with Gasteiger partial charge in [-0.15, -0.1) is 0 Å². The van der Waals surface area contributed by atoms with Crippen LogP contribution in [0.15, 0.2) is 52.9 Å². The van der Waals surface area contributed by atoms with Gasteiger partial charge in [-0.3, -0.25) is 4.79 Å². The van der Waals surface area contributed by atoms with Crippen LogP contribution in [0.5, 0.6) is 11.5 Å². The average molecular weight is 351 g/mol. The van der Waals surface area contributed by atoms with Crippen molar-refractivity contribution in [2.24, 2.45) is 0 Å². The van der Waals surface area contributed by atoms with Gasteiger partial charge in [0.05, 0.1) is 12.1 Å². The number of oxazole rings is 1. The molecule has 6 nitrogen and oxygen atoms in total. The lowest BCUT2D eigenvalue weighted by molar-refractivity contribution is -0.144. The molecule has 1 aromatic heterocycles. The summed E-state index contributed by atoms with van der Waals surface area (Å²) in [6, 6.07) is 15.0. The predicted octanol–water partition coefficient (Wildman–Crippen LogP) is 3.66. The summed E-state index contributed by atoms with van der Waals surface area (Å²) < 4.78 is 21.6. The number of rotatable bonds is 5. The molecule has 0 aliphatic carbocycles. The molecule has 0 unspecified atom stereocenters. The number of hydrogen-bond donors (Lipinski definition) is 0. The molecule has 0 fully saturated rings. The molecule has 2 aromatic carbocycles. The predicted molar refractivity (Wildman–Crippen MR) is 92.7 cm³/mol. The largest absolute Gasteiger partial charge is 0.461 e. The lowest BCUT2D eigenvalue weighted by Crippen LogP contribution is -2.09. The summed E-state index contributed by atoms with van der Waals surface area (Å²) in [5.74, 6) is 2.12. The fraction of sp³-hybridized carbons (Fsp3) is 0.200. The fourth-order valence-corrected chi connectivity index (χ4v) is 2.68. The van der Waals surface area contributed by atoms with Crippen molar-refractivity contribution in [2.75, 3.05) is 6.79 Å². The van der Waals surface area contributed by atoms with E-state index in [2.05, 4.69) is 4.98 Å². The lowest BCUT2D eigenvalue weighted by atomic mass is 10.2. The van der Waals surface area contributed by atoms with Gasteiger partial charge in [-0.1, -0.05) is 24.3 Å². The molecule has 26 heavy (non-hydrogen) atoms. The molecule has 4 rings (SSSR count). The second-order valence-corrected chi connectivity index (χ2v) is 5.91. The highest BCUT2D eigenvalue weighted by Crippen LogP contribution is 2.32. The van der Waals surface area contributed by atoms with Crippen LogP contribution in [0.2, 0.25) is 0 Å². The van der Waals surface area contributed by atoms with E-state index in [4.69, 9.17) is 18.6 Å². The molecule has 132 valence electrons. The summed E-state index contributed by atoms with van der Waals surface area (Å²) in [6.07, 6.45) is 0.0622. The van der Waals surface area contributed by atoms with Crippen molar-refractivity contribution < 1.29 is 23.4 Å². The highest BCUT2D eigenvalue weighted by molar-refractivity contribution is 5.72. The van der Waals surface area contributed by atoms with E-state index in [9.17, 15) is 4.79 Å². The van der Waals surface area contributed by atoms with E-state index < -0.39 is 0 Å². The number of hydrogen-bond acceptors (Lipinski definition) is 6. The van der Waals surface area contributed by atoms with Crippen molar-refractivity contribution in [3.63, 3.8) is 0 Å². The van der Waals surface area contributed by atoms with Crippen LogP contribution in [-0.2, 0) is 22.6 Å². The van der Waals surface area contributed by atoms with Gasteiger partial charge in [0.15, 0.2) is 11.5 Å². The summed E-state index contributed by atoms with van der Waals surface area (Å²) in [5.41, 5.74) is 2.29. The van der Waals surface area contributed by atoms with Gasteiger partial charge in [0.1, 0.15) is 12.4 Å². The summed E-state index contributed by atoms with van der Waals surface area (Å²) >= 11 is 0. The van der Waals surface area contributed by atoms with Gasteiger partial charge in [-0.25, -0.2) is 4.98 Å².